The molecule has 2 heterocycles. The molecule has 0 spiro atoms. The summed E-state index contributed by atoms with van der Waals surface area (Å²) in [7, 11) is 3.70. The fraction of sp³-hybridized carbons (Fsp3) is 0.519. The van der Waals surface area contributed by atoms with Crippen LogP contribution < -0.4 is 16.0 Å². The summed E-state index contributed by atoms with van der Waals surface area (Å²) in [6.45, 7) is 10.5. The molecule has 0 saturated heterocycles. The minimum absolute atomic E-state index is 0.0153. The highest BCUT2D eigenvalue weighted by atomic mass is 16.4. The van der Waals surface area contributed by atoms with Crippen LogP contribution in [0.2, 0.25) is 0 Å². The van der Waals surface area contributed by atoms with Gasteiger partial charge in [-0.05, 0) is 31.4 Å². The van der Waals surface area contributed by atoms with E-state index in [1.165, 1.54) is 0 Å². The van der Waals surface area contributed by atoms with Crippen molar-refractivity contribution in [1.82, 2.24) is 35.9 Å². The van der Waals surface area contributed by atoms with Crippen LogP contribution in [0.3, 0.4) is 0 Å². The lowest BCUT2D eigenvalue weighted by Crippen LogP contribution is -2.53. The average Bonchev–Trinajstić information content (AvgIpc) is 3.33. The molecule has 3 atom stereocenters. The van der Waals surface area contributed by atoms with E-state index in [-0.39, 0.29) is 30.3 Å². The van der Waals surface area contributed by atoms with Gasteiger partial charge in [0.2, 0.25) is 17.7 Å². The number of amides is 4. The van der Waals surface area contributed by atoms with E-state index in [9.17, 15) is 14.4 Å². The summed E-state index contributed by atoms with van der Waals surface area (Å²) < 4.78 is 6.09. The zero-order valence-electron chi connectivity index (χ0n) is 22.9. The maximum absolute atomic E-state index is 13.0. The standard InChI is InChI=1S/C27H39N7O4/c1-7-22-26-32-31-25(38-26)21(14-19-11-9-8-10-12-19)29-27(37)30-24(36)20(13-17(2)3)28-23(35)16-33(5)18(4)15-34(22)6/h8-12,17,20-22H,4,7,13-16H2,1-3,5-6H3,(H,28,35)(H2,29,30,36,37)/t20-,21+,22?/m1/s1. The van der Waals surface area contributed by atoms with Crippen molar-refractivity contribution in [3.63, 3.8) is 0 Å². The number of likely N-dealkylation sites (N-methyl/N-ethyl adjacent to an activating group) is 2. The molecule has 0 fully saturated rings. The number of imide groups is 1. The highest BCUT2D eigenvalue weighted by Crippen LogP contribution is 2.26. The first-order valence-corrected chi connectivity index (χ1v) is 12.9. The SMILES string of the molecule is C=C1CN(C)C(CC)c2nnc(o2)[C@H](Cc2ccccc2)NC(=O)NC(=O)[C@@H](CC(C)C)NC(=O)CN1C. The van der Waals surface area contributed by atoms with Crippen LogP contribution >= 0.6 is 0 Å². The van der Waals surface area contributed by atoms with Gasteiger partial charge in [-0.2, -0.15) is 0 Å². The van der Waals surface area contributed by atoms with Crippen molar-refractivity contribution in [3.8, 4) is 0 Å². The van der Waals surface area contributed by atoms with Crippen molar-refractivity contribution >= 4 is 17.8 Å². The molecular weight excluding hydrogens is 486 g/mol. The van der Waals surface area contributed by atoms with Crippen molar-refractivity contribution in [2.24, 2.45) is 5.92 Å². The number of nitrogens with zero attached hydrogens (tertiary/aromatic N) is 4. The predicted octanol–water partition coefficient (Wildman–Crippen LogP) is 2.55. The number of carbonyl (C=O) groups is 3. The summed E-state index contributed by atoms with van der Waals surface area (Å²) >= 11 is 0. The highest BCUT2D eigenvalue weighted by molar-refractivity contribution is 5.98. The first kappa shape index (κ1) is 28.8. The summed E-state index contributed by atoms with van der Waals surface area (Å²) in [4.78, 5) is 42.6. The van der Waals surface area contributed by atoms with E-state index in [0.717, 1.165) is 5.56 Å². The third kappa shape index (κ3) is 7.88. The Kier molecular flexibility index (Phi) is 10.0. The van der Waals surface area contributed by atoms with Gasteiger partial charge in [-0.25, -0.2) is 4.79 Å². The minimum Gasteiger partial charge on any atom is -0.421 e. The molecule has 11 nitrogen and oxygen atoms in total. The molecule has 0 radical (unpaired) electrons. The molecule has 1 aliphatic rings. The second kappa shape index (κ2) is 13.2. The van der Waals surface area contributed by atoms with Gasteiger partial charge >= 0.3 is 6.03 Å². The molecule has 2 bridgehead atoms. The minimum atomic E-state index is -0.875. The van der Waals surface area contributed by atoms with Crippen LogP contribution in [0.15, 0.2) is 47.0 Å². The van der Waals surface area contributed by atoms with Crippen molar-refractivity contribution in [1.29, 1.82) is 0 Å². The first-order valence-electron chi connectivity index (χ1n) is 12.9. The predicted molar refractivity (Wildman–Crippen MR) is 143 cm³/mol. The fourth-order valence-corrected chi connectivity index (χ4v) is 4.43. The number of nitrogens with one attached hydrogen (secondary N) is 3. The molecule has 11 heteroatoms. The van der Waals surface area contributed by atoms with Crippen LogP contribution in [0.5, 0.6) is 0 Å². The molecular formula is C27H39N7O4. The Bertz CT molecular complexity index is 1120. The van der Waals surface area contributed by atoms with Crippen molar-refractivity contribution in [3.05, 3.63) is 60.0 Å². The number of aromatic nitrogens is 2. The second-order valence-corrected chi connectivity index (χ2v) is 10.2. The maximum Gasteiger partial charge on any atom is 0.322 e. The summed E-state index contributed by atoms with van der Waals surface area (Å²) in [5, 5.41) is 16.5. The number of urea groups is 1. The van der Waals surface area contributed by atoms with Gasteiger partial charge in [-0.15, -0.1) is 10.2 Å². The lowest BCUT2D eigenvalue weighted by Gasteiger charge is -2.29. The number of benzene rings is 1. The van der Waals surface area contributed by atoms with Gasteiger partial charge in [0, 0.05) is 25.7 Å². The van der Waals surface area contributed by atoms with Gasteiger partial charge in [0.15, 0.2) is 0 Å². The Morgan fingerprint density at radius 1 is 1.03 bits per heavy atom. The maximum atomic E-state index is 13.0. The number of hydrogen-bond donors (Lipinski definition) is 3. The lowest BCUT2D eigenvalue weighted by atomic mass is 10.0. The van der Waals surface area contributed by atoms with Crippen LogP contribution in [0.4, 0.5) is 4.79 Å². The largest absolute Gasteiger partial charge is 0.421 e. The van der Waals surface area contributed by atoms with Gasteiger partial charge in [-0.1, -0.05) is 57.7 Å². The molecule has 1 unspecified atom stereocenters. The van der Waals surface area contributed by atoms with E-state index < -0.39 is 24.0 Å². The zero-order valence-corrected chi connectivity index (χ0v) is 22.9. The quantitative estimate of drug-likeness (QED) is 0.543. The highest BCUT2D eigenvalue weighted by Gasteiger charge is 2.29. The number of hydrogen-bond acceptors (Lipinski definition) is 8. The first-order chi connectivity index (χ1) is 18.1. The Hall–Kier alpha value is -3.73. The van der Waals surface area contributed by atoms with Crippen LogP contribution in [0.1, 0.15) is 63.0 Å². The normalized spacial score (nSPS) is 22.6. The second-order valence-electron chi connectivity index (χ2n) is 10.2. The monoisotopic (exact) mass is 525 g/mol. The summed E-state index contributed by atoms with van der Waals surface area (Å²) in [6, 6.07) is 7.12. The fourth-order valence-electron chi connectivity index (χ4n) is 4.43. The van der Waals surface area contributed by atoms with E-state index in [4.69, 9.17) is 4.42 Å². The Labute approximate surface area is 224 Å². The van der Waals surface area contributed by atoms with Crippen LogP contribution in [-0.2, 0) is 16.0 Å². The van der Waals surface area contributed by atoms with Gasteiger partial charge < -0.3 is 20.0 Å². The van der Waals surface area contributed by atoms with Crippen molar-refractivity contribution in [2.75, 3.05) is 27.2 Å². The van der Waals surface area contributed by atoms with Crippen LogP contribution in [-0.4, -0.2) is 71.1 Å². The summed E-state index contributed by atoms with van der Waals surface area (Å²) in [6.07, 6.45) is 1.44. The van der Waals surface area contributed by atoms with E-state index >= 15 is 0 Å². The van der Waals surface area contributed by atoms with E-state index in [1.807, 2.05) is 63.1 Å². The third-order valence-electron chi connectivity index (χ3n) is 6.49. The van der Waals surface area contributed by atoms with E-state index in [0.29, 0.717) is 37.4 Å². The van der Waals surface area contributed by atoms with Gasteiger partial charge in [0.1, 0.15) is 12.1 Å². The van der Waals surface area contributed by atoms with Gasteiger partial charge in [0.05, 0.1) is 12.6 Å². The van der Waals surface area contributed by atoms with Gasteiger partial charge in [0.25, 0.3) is 5.91 Å². The molecule has 206 valence electrons. The van der Waals surface area contributed by atoms with Crippen molar-refractivity contribution in [2.45, 2.75) is 58.2 Å². The molecule has 38 heavy (non-hydrogen) atoms. The lowest BCUT2D eigenvalue weighted by molar-refractivity contribution is -0.129. The van der Waals surface area contributed by atoms with E-state index in [2.05, 4.69) is 32.7 Å². The molecule has 1 aromatic carbocycles. The topological polar surface area (TPSA) is 133 Å². The Morgan fingerprint density at radius 3 is 2.37 bits per heavy atom. The molecule has 3 N–H and O–H groups in total. The molecule has 1 aromatic heterocycles. The summed E-state index contributed by atoms with van der Waals surface area (Å²) in [5.41, 5.74) is 1.66. The Balaban J connectivity index is 1.96. The molecule has 1 aliphatic heterocycles. The number of fused-ring (bicyclic) bond motifs is 2. The molecule has 2 aromatic rings. The van der Waals surface area contributed by atoms with E-state index in [1.54, 1.807) is 11.9 Å². The molecule has 3 rings (SSSR count). The van der Waals surface area contributed by atoms with Crippen molar-refractivity contribution < 1.29 is 18.8 Å². The van der Waals surface area contributed by atoms with Crippen LogP contribution in [0.25, 0.3) is 0 Å². The number of carbonyl (C=O) groups excluding carboxylic acids is 3. The zero-order chi connectivity index (χ0) is 27.8. The number of rotatable bonds is 5. The average molecular weight is 526 g/mol. The van der Waals surface area contributed by atoms with Crippen LogP contribution in [0, 0.1) is 5.92 Å². The molecule has 0 saturated carbocycles. The third-order valence-corrected chi connectivity index (χ3v) is 6.49. The molecule has 4 amide bonds. The van der Waals surface area contributed by atoms with Gasteiger partial charge in [-0.3, -0.25) is 19.8 Å². The smallest absolute Gasteiger partial charge is 0.322 e. The summed E-state index contributed by atoms with van der Waals surface area (Å²) in [5.74, 6) is -0.164. The molecule has 0 aliphatic carbocycles. The Morgan fingerprint density at radius 2 is 1.71 bits per heavy atom.